The lowest BCUT2D eigenvalue weighted by Gasteiger charge is -2.11. The Kier molecular flexibility index (Phi) is 4.20. The highest BCUT2D eigenvalue weighted by Gasteiger charge is 2.13. The number of carbonyl (C=O) groups excluding carboxylic acids is 2. The van der Waals surface area contributed by atoms with Gasteiger partial charge < -0.3 is 4.74 Å². The Morgan fingerprint density at radius 2 is 1.80 bits per heavy atom. The molecule has 0 amide bonds. The minimum absolute atomic E-state index is 0.385. The zero-order chi connectivity index (χ0) is 14.7. The molecule has 2 rings (SSSR count). The summed E-state index contributed by atoms with van der Waals surface area (Å²) in [4.78, 5) is 22.9. The minimum atomic E-state index is -0.474. The van der Waals surface area contributed by atoms with Gasteiger partial charge in [0.25, 0.3) is 0 Å². The molecule has 0 aliphatic rings. The number of carbonyl (C=O) groups is 2. The highest BCUT2D eigenvalue weighted by atomic mass is 35.5. The van der Waals surface area contributed by atoms with Crippen LogP contribution in [0.1, 0.15) is 31.8 Å². The summed E-state index contributed by atoms with van der Waals surface area (Å²) < 4.78 is 5.40. The number of rotatable bonds is 3. The number of esters is 1. The molecule has 0 radical (unpaired) electrons. The van der Waals surface area contributed by atoms with Crippen LogP contribution in [0.25, 0.3) is 0 Å². The summed E-state index contributed by atoms with van der Waals surface area (Å²) in [7, 11) is 0. The molecule has 0 aliphatic carbocycles. The van der Waals surface area contributed by atoms with Gasteiger partial charge in [0.05, 0.1) is 5.56 Å². The van der Waals surface area contributed by atoms with Crippen molar-refractivity contribution >= 4 is 23.9 Å². The van der Waals surface area contributed by atoms with Gasteiger partial charge in [-0.1, -0.05) is 17.7 Å². The first-order chi connectivity index (χ1) is 9.51. The monoisotopic (exact) mass is 288 g/mol. The maximum atomic E-state index is 12.1. The number of halogens is 1. The van der Waals surface area contributed by atoms with Crippen LogP contribution in [0, 0.1) is 13.8 Å². The van der Waals surface area contributed by atoms with Crippen LogP contribution < -0.4 is 4.74 Å². The van der Waals surface area contributed by atoms with Crippen LogP contribution in [0.3, 0.4) is 0 Å². The molecule has 0 N–H and O–H groups in total. The van der Waals surface area contributed by atoms with Crippen molar-refractivity contribution < 1.29 is 14.3 Å². The van der Waals surface area contributed by atoms with Gasteiger partial charge in [-0.3, -0.25) is 4.79 Å². The van der Waals surface area contributed by atoms with Crippen molar-refractivity contribution in [2.45, 2.75) is 13.8 Å². The normalized spacial score (nSPS) is 10.2. The lowest BCUT2D eigenvalue weighted by atomic mass is 10.1. The van der Waals surface area contributed by atoms with Crippen LogP contribution in [0.2, 0.25) is 5.02 Å². The first-order valence-electron chi connectivity index (χ1n) is 6.05. The third-order valence-corrected chi connectivity index (χ3v) is 3.11. The molecule has 0 atom stereocenters. The van der Waals surface area contributed by atoms with Crippen LogP contribution in [-0.2, 0) is 0 Å². The van der Waals surface area contributed by atoms with Crippen molar-refractivity contribution in [3.8, 4) is 5.75 Å². The summed E-state index contributed by atoms with van der Waals surface area (Å²) in [6.45, 7) is 3.58. The molecule has 4 heteroatoms. The summed E-state index contributed by atoms with van der Waals surface area (Å²) in [5.74, 6) is -0.00173. The van der Waals surface area contributed by atoms with Crippen molar-refractivity contribution in [2.75, 3.05) is 0 Å². The first kappa shape index (κ1) is 14.3. The second kappa shape index (κ2) is 5.88. The van der Waals surface area contributed by atoms with Gasteiger partial charge in [0.1, 0.15) is 12.0 Å². The standard InChI is InChI=1S/C16H13ClO3/c1-10-6-12(9-18)7-11(2)15(10)20-16(19)13-4-3-5-14(17)8-13/h3-9H,1-2H3. The molecule has 0 fully saturated rings. The van der Waals surface area contributed by atoms with E-state index in [1.165, 1.54) is 0 Å². The maximum Gasteiger partial charge on any atom is 0.343 e. The van der Waals surface area contributed by atoms with Crippen LogP contribution in [0.4, 0.5) is 0 Å². The number of aryl methyl sites for hydroxylation is 2. The molecule has 2 aromatic carbocycles. The van der Waals surface area contributed by atoms with E-state index in [0.717, 1.165) is 17.4 Å². The predicted molar refractivity (Wildman–Crippen MR) is 77.7 cm³/mol. The molecule has 0 saturated carbocycles. The Hall–Kier alpha value is -2.13. The lowest BCUT2D eigenvalue weighted by Crippen LogP contribution is -2.10. The van der Waals surface area contributed by atoms with E-state index in [9.17, 15) is 9.59 Å². The largest absolute Gasteiger partial charge is 0.422 e. The van der Waals surface area contributed by atoms with E-state index in [0.29, 0.717) is 21.9 Å². The van der Waals surface area contributed by atoms with Gasteiger partial charge >= 0.3 is 5.97 Å². The highest BCUT2D eigenvalue weighted by molar-refractivity contribution is 6.30. The van der Waals surface area contributed by atoms with Gasteiger partial charge in [-0.15, -0.1) is 0 Å². The van der Waals surface area contributed by atoms with Gasteiger partial charge in [0, 0.05) is 10.6 Å². The summed E-state index contributed by atoms with van der Waals surface area (Å²) in [5, 5.41) is 0.476. The third kappa shape index (κ3) is 3.06. The highest BCUT2D eigenvalue weighted by Crippen LogP contribution is 2.25. The van der Waals surface area contributed by atoms with Crippen molar-refractivity contribution in [1.82, 2.24) is 0 Å². The molecule has 0 spiro atoms. The summed E-state index contributed by atoms with van der Waals surface area (Å²) in [6.07, 6.45) is 0.766. The molecular weight excluding hydrogens is 276 g/mol. The Balaban J connectivity index is 2.30. The average Bonchev–Trinajstić information content (AvgIpc) is 2.42. The number of ether oxygens (including phenoxy) is 1. The SMILES string of the molecule is Cc1cc(C=O)cc(C)c1OC(=O)c1cccc(Cl)c1. The number of hydrogen-bond donors (Lipinski definition) is 0. The van der Waals surface area contributed by atoms with E-state index in [1.54, 1.807) is 50.2 Å². The topological polar surface area (TPSA) is 43.4 Å². The third-order valence-electron chi connectivity index (χ3n) is 2.87. The van der Waals surface area contributed by atoms with Crippen LogP contribution >= 0.6 is 11.6 Å². The molecule has 2 aromatic rings. The molecule has 0 heterocycles. The van der Waals surface area contributed by atoms with Crippen molar-refractivity contribution in [3.05, 3.63) is 63.7 Å². The molecule has 0 saturated heterocycles. The van der Waals surface area contributed by atoms with Crippen molar-refractivity contribution in [2.24, 2.45) is 0 Å². The molecule has 0 aromatic heterocycles. The minimum Gasteiger partial charge on any atom is -0.422 e. The van der Waals surface area contributed by atoms with Crippen molar-refractivity contribution in [3.63, 3.8) is 0 Å². The molecule has 3 nitrogen and oxygen atoms in total. The van der Waals surface area contributed by atoms with E-state index in [-0.39, 0.29) is 0 Å². The Morgan fingerprint density at radius 3 is 2.35 bits per heavy atom. The quantitative estimate of drug-likeness (QED) is 0.487. The second-order valence-corrected chi connectivity index (χ2v) is 4.94. The summed E-state index contributed by atoms with van der Waals surface area (Å²) >= 11 is 5.85. The molecule has 20 heavy (non-hydrogen) atoms. The van der Waals surface area contributed by atoms with Gasteiger partial charge in [-0.2, -0.15) is 0 Å². The lowest BCUT2D eigenvalue weighted by molar-refractivity contribution is 0.0732. The maximum absolute atomic E-state index is 12.1. The number of benzene rings is 2. The second-order valence-electron chi connectivity index (χ2n) is 4.50. The smallest absolute Gasteiger partial charge is 0.343 e. The number of aldehydes is 1. The molecule has 0 bridgehead atoms. The van der Waals surface area contributed by atoms with Gasteiger partial charge in [-0.25, -0.2) is 4.79 Å². The average molecular weight is 289 g/mol. The first-order valence-corrected chi connectivity index (χ1v) is 6.43. The van der Waals surface area contributed by atoms with E-state index in [4.69, 9.17) is 16.3 Å². The van der Waals surface area contributed by atoms with Gasteiger partial charge in [0.2, 0.25) is 0 Å². The zero-order valence-corrected chi connectivity index (χ0v) is 11.9. The fourth-order valence-corrected chi connectivity index (χ4v) is 2.17. The van der Waals surface area contributed by atoms with Crippen LogP contribution in [-0.4, -0.2) is 12.3 Å². The van der Waals surface area contributed by atoms with Gasteiger partial charge in [-0.05, 0) is 55.3 Å². The molecule has 102 valence electrons. The van der Waals surface area contributed by atoms with Crippen LogP contribution in [0.5, 0.6) is 5.75 Å². The Morgan fingerprint density at radius 1 is 1.15 bits per heavy atom. The Bertz CT molecular complexity index is 654. The van der Waals surface area contributed by atoms with E-state index in [2.05, 4.69) is 0 Å². The van der Waals surface area contributed by atoms with Crippen molar-refractivity contribution in [1.29, 1.82) is 0 Å². The van der Waals surface area contributed by atoms with E-state index in [1.807, 2.05) is 0 Å². The van der Waals surface area contributed by atoms with Gasteiger partial charge in [0.15, 0.2) is 0 Å². The zero-order valence-electron chi connectivity index (χ0n) is 11.1. The molecule has 0 aliphatic heterocycles. The predicted octanol–water partition coefficient (Wildman–Crippen LogP) is 3.99. The van der Waals surface area contributed by atoms with E-state index >= 15 is 0 Å². The number of hydrogen-bond acceptors (Lipinski definition) is 3. The van der Waals surface area contributed by atoms with E-state index < -0.39 is 5.97 Å². The molecular formula is C16H13ClO3. The van der Waals surface area contributed by atoms with Crippen LogP contribution in [0.15, 0.2) is 36.4 Å². The summed E-state index contributed by atoms with van der Waals surface area (Å²) in [5.41, 5.74) is 2.42. The fourth-order valence-electron chi connectivity index (χ4n) is 1.98. The summed E-state index contributed by atoms with van der Waals surface area (Å²) in [6, 6.07) is 9.93. The molecule has 0 unspecified atom stereocenters. The Labute approximate surface area is 122 Å². The fraction of sp³-hybridized carbons (Fsp3) is 0.125.